The topological polar surface area (TPSA) is 66.4 Å². The first-order valence-electron chi connectivity index (χ1n) is 5.45. The van der Waals surface area contributed by atoms with Crippen molar-refractivity contribution in [1.29, 1.82) is 0 Å². The van der Waals surface area contributed by atoms with Gasteiger partial charge in [-0.3, -0.25) is 4.79 Å². The van der Waals surface area contributed by atoms with E-state index in [4.69, 9.17) is 16.7 Å². The molecule has 0 unspecified atom stereocenters. The third-order valence-corrected chi connectivity index (χ3v) is 2.69. The summed E-state index contributed by atoms with van der Waals surface area (Å²) >= 11 is 5.72. The second kappa shape index (κ2) is 6.35. The molecule has 0 aliphatic rings. The highest BCUT2D eigenvalue weighted by Crippen LogP contribution is 2.19. The zero-order valence-electron chi connectivity index (χ0n) is 9.74. The molecule has 0 bridgehead atoms. The van der Waals surface area contributed by atoms with Crippen molar-refractivity contribution in [3.63, 3.8) is 0 Å². The molecular formula is C12H13ClFNO3. The van der Waals surface area contributed by atoms with Crippen LogP contribution in [0.15, 0.2) is 18.2 Å². The van der Waals surface area contributed by atoms with Crippen LogP contribution in [0.4, 0.5) is 4.39 Å². The lowest BCUT2D eigenvalue weighted by Crippen LogP contribution is -2.41. The van der Waals surface area contributed by atoms with Crippen molar-refractivity contribution in [2.75, 3.05) is 0 Å². The highest BCUT2D eigenvalue weighted by molar-refractivity contribution is 6.33. The minimum Gasteiger partial charge on any atom is -0.480 e. The number of rotatable bonds is 5. The van der Waals surface area contributed by atoms with Gasteiger partial charge in [0, 0.05) is 0 Å². The first kappa shape index (κ1) is 14.4. The Kier molecular flexibility index (Phi) is 5.09. The number of hydrogen-bond donors (Lipinski definition) is 2. The SMILES string of the molecule is CCC[C@@H](NC(=O)c1c(F)cccc1Cl)C(=O)O. The number of carboxylic acid groups (broad SMARTS) is 1. The summed E-state index contributed by atoms with van der Waals surface area (Å²) in [6.45, 7) is 1.79. The van der Waals surface area contributed by atoms with Gasteiger partial charge in [0.2, 0.25) is 0 Å². The Morgan fingerprint density at radius 3 is 2.67 bits per heavy atom. The quantitative estimate of drug-likeness (QED) is 0.866. The first-order valence-corrected chi connectivity index (χ1v) is 5.82. The molecule has 0 aliphatic carbocycles. The monoisotopic (exact) mass is 273 g/mol. The average Bonchev–Trinajstić information content (AvgIpc) is 2.28. The minimum atomic E-state index is -1.15. The summed E-state index contributed by atoms with van der Waals surface area (Å²) in [5.74, 6) is -2.75. The van der Waals surface area contributed by atoms with Gasteiger partial charge < -0.3 is 10.4 Å². The maximum absolute atomic E-state index is 13.4. The van der Waals surface area contributed by atoms with Crippen molar-refractivity contribution >= 4 is 23.5 Å². The molecule has 6 heteroatoms. The van der Waals surface area contributed by atoms with E-state index in [0.717, 1.165) is 6.07 Å². The summed E-state index contributed by atoms with van der Waals surface area (Å²) in [6.07, 6.45) is 0.857. The van der Waals surface area contributed by atoms with Crippen LogP contribution in [0.3, 0.4) is 0 Å². The number of halogens is 2. The van der Waals surface area contributed by atoms with Crippen molar-refractivity contribution in [1.82, 2.24) is 5.32 Å². The largest absolute Gasteiger partial charge is 0.480 e. The summed E-state index contributed by atoms with van der Waals surface area (Å²) in [6, 6.07) is 2.79. The zero-order chi connectivity index (χ0) is 13.7. The fourth-order valence-electron chi connectivity index (χ4n) is 1.49. The van der Waals surface area contributed by atoms with Gasteiger partial charge in [-0.25, -0.2) is 9.18 Å². The molecule has 0 saturated carbocycles. The van der Waals surface area contributed by atoms with E-state index in [1.54, 1.807) is 6.92 Å². The maximum Gasteiger partial charge on any atom is 0.326 e. The number of carboxylic acids is 1. The average molecular weight is 274 g/mol. The Hall–Kier alpha value is -1.62. The molecule has 98 valence electrons. The zero-order valence-corrected chi connectivity index (χ0v) is 10.5. The number of carbonyl (C=O) groups excluding carboxylic acids is 1. The normalized spacial score (nSPS) is 11.9. The molecule has 0 aromatic heterocycles. The number of hydrogen-bond acceptors (Lipinski definition) is 2. The molecule has 1 aromatic rings. The molecule has 0 spiro atoms. The van der Waals surface area contributed by atoms with E-state index in [1.165, 1.54) is 12.1 Å². The van der Waals surface area contributed by atoms with E-state index in [0.29, 0.717) is 6.42 Å². The Morgan fingerprint density at radius 1 is 1.50 bits per heavy atom. The van der Waals surface area contributed by atoms with Crippen LogP contribution in [-0.2, 0) is 4.79 Å². The van der Waals surface area contributed by atoms with Gasteiger partial charge in [0.1, 0.15) is 11.9 Å². The van der Waals surface area contributed by atoms with E-state index in [9.17, 15) is 14.0 Å². The number of benzene rings is 1. The van der Waals surface area contributed by atoms with Gasteiger partial charge in [-0.05, 0) is 18.6 Å². The summed E-state index contributed by atoms with van der Waals surface area (Å²) < 4.78 is 13.4. The van der Waals surface area contributed by atoms with E-state index >= 15 is 0 Å². The van der Waals surface area contributed by atoms with Crippen LogP contribution in [0.1, 0.15) is 30.1 Å². The fraction of sp³-hybridized carbons (Fsp3) is 0.333. The minimum absolute atomic E-state index is 0.0480. The molecule has 1 amide bonds. The first-order chi connectivity index (χ1) is 8.47. The van der Waals surface area contributed by atoms with E-state index in [2.05, 4.69) is 5.32 Å². The van der Waals surface area contributed by atoms with Crippen LogP contribution in [0.5, 0.6) is 0 Å². The van der Waals surface area contributed by atoms with Crippen molar-refractivity contribution < 1.29 is 19.1 Å². The van der Waals surface area contributed by atoms with E-state index in [1.807, 2.05) is 0 Å². The van der Waals surface area contributed by atoms with Crippen molar-refractivity contribution in [2.24, 2.45) is 0 Å². The van der Waals surface area contributed by atoms with Gasteiger partial charge in [0.25, 0.3) is 5.91 Å². The molecule has 1 aromatic carbocycles. The van der Waals surface area contributed by atoms with Crippen LogP contribution >= 0.6 is 11.6 Å². The van der Waals surface area contributed by atoms with Gasteiger partial charge in [-0.15, -0.1) is 0 Å². The molecule has 0 saturated heterocycles. The van der Waals surface area contributed by atoms with Crippen LogP contribution in [0.25, 0.3) is 0 Å². The van der Waals surface area contributed by atoms with Gasteiger partial charge in [0.15, 0.2) is 0 Å². The van der Waals surface area contributed by atoms with E-state index in [-0.39, 0.29) is 17.0 Å². The lowest BCUT2D eigenvalue weighted by atomic mass is 10.1. The van der Waals surface area contributed by atoms with Crippen LogP contribution in [-0.4, -0.2) is 23.0 Å². The Bertz CT molecular complexity index is 444. The Morgan fingerprint density at radius 2 is 2.17 bits per heavy atom. The molecule has 0 fully saturated rings. The fourth-order valence-corrected chi connectivity index (χ4v) is 1.74. The summed E-state index contributed by atoms with van der Waals surface area (Å²) in [5.41, 5.74) is -0.332. The lowest BCUT2D eigenvalue weighted by Gasteiger charge is -2.14. The highest BCUT2D eigenvalue weighted by atomic mass is 35.5. The third-order valence-electron chi connectivity index (χ3n) is 2.37. The molecule has 1 rings (SSSR count). The summed E-state index contributed by atoms with van der Waals surface area (Å²) in [5, 5.41) is 11.1. The van der Waals surface area contributed by atoms with Gasteiger partial charge in [0.05, 0.1) is 10.6 Å². The standard InChI is InChI=1S/C12H13ClFNO3/c1-2-4-9(12(17)18)15-11(16)10-7(13)5-3-6-8(10)14/h3,5-6,9H,2,4H2,1H3,(H,15,16)(H,17,18)/t9-/m1/s1. The Labute approximate surface area is 109 Å². The van der Waals surface area contributed by atoms with Gasteiger partial charge in [-0.2, -0.15) is 0 Å². The third kappa shape index (κ3) is 3.43. The smallest absolute Gasteiger partial charge is 0.326 e. The number of aliphatic carboxylic acids is 1. The molecule has 2 N–H and O–H groups in total. The lowest BCUT2D eigenvalue weighted by molar-refractivity contribution is -0.139. The summed E-state index contributed by atoms with van der Waals surface area (Å²) in [4.78, 5) is 22.7. The number of amides is 1. The van der Waals surface area contributed by atoms with Crippen molar-refractivity contribution in [2.45, 2.75) is 25.8 Å². The highest BCUT2D eigenvalue weighted by Gasteiger charge is 2.22. The van der Waals surface area contributed by atoms with E-state index < -0.39 is 23.7 Å². The molecule has 0 aliphatic heterocycles. The van der Waals surface area contributed by atoms with Gasteiger partial charge >= 0.3 is 5.97 Å². The predicted molar refractivity (Wildman–Crippen MR) is 65.2 cm³/mol. The van der Waals surface area contributed by atoms with Crippen molar-refractivity contribution in [3.05, 3.63) is 34.6 Å². The summed E-state index contributed by atoms with van der Waals surface area (Å²) in [7, 11) is 0. The predicted octanol–water partition coefficient (Wildman–Crippen LogP) is 2.46. The Balaban J connectivity index is 2.90. The molecule has 18 heavy (non-hydrogen) atoms. The molecule has 0 radical (unpaired) electrons. The van der Waals surface area contributed by atoms with Crippen LogP contribution in [0, 0.1) is 5.82 Å². The number of carbonyl (C=O) groups is 2. The molecule has 4 nitrogen and oxygen atoms in total. The number of nitrogens with one attached hydrogen (secondary N) is 1. The second-order valence-electron chi connectivity index (χ2n) is 3.75. The second-order valence-corrected chi connectivity index (χ2v) is 4.16. The van der Waals surface area contributed by atoms with Crippen molar-refractivity contribution in [3.8, 4) is 0 Å². The molecular weight excluding hydrogens is 261 g/mol. The van der Waals surface area contributed by atoms with Crippen LogP contribution in [0.2, 0.25) is 5.02 Å². The van der Waals surface area contributed by atoms with Crippen LogP contribution < -0.4 is 5.32 Å². The maximum atomic E-state index is 13.4. The molecule has 0 heterocycles. The van der Waals surface area contributed by atoms with Gasteiger partial charge in [-0.1, -0.05) is 31.0 Å². The molecule has 1 atom stereocenters.